The van der Waals surface area contributed by atoms with E-state index in [1.54, 1.807) is 11.8 Å². The SMILES string of the molecule is CSc1ccc(/C=C/C2=NCCS2)cc1. The number of rotatable bonds is 3. The molecular formula is C12H13NS2. The second-order valence-corrected chi connectivity index (χ2v) is 5.17. The van der Waals surface area contributed by atoms with E-state index >= 15 is 0 Å². The first-order valence-corrected chi connectivity index (χ1v) is 7.09. The molecule has 1 aliphatic rings. The van der Waals surface area contributed by atoms with Crippen LogP contribution < -0.4 is 0 Å². The summed E-state index contributed by atoms with van der Waals surface area (Å²) in [6.45, 7) is 0.968. The van der Waals surface area contributed by atoms with Crippen molar-refractivity contribution in [3.05, 3.63) is 35.9 Å². The molecule has 0 atom stereocenters. The molecule has 1 aromatic rings. The zero-order chi connectivity index (χ0) is 10.5. The van der Waals surface area contributed by atoms with Gasteiger partial charge in [0.15, 0.2) is 0 Å². The number of aliphatic imine (C=N–C) groups is 1. The summed E-state index contributed by atoms with van der Waals surface area (Å²) < 4.78 is 0. The van der Waals surface area contributed by atoms with Gasteiger partial charge in [0.2, 0.25) is 0 Å². The zero-order valence-corrected chi connectivity index (χ0v) is 10.3. The fourth-order valence-electron chi connectivity index (χ4n) is 1.34. The fourth-order valence-corrected chi connectivity index (χ4v) is 2.48. The van der Waals surface area contributed by atoms with Crippen LogP contribution in [0.2, 0.25) is 0 Å². The highest BCUT2D eigenvalue weighted by Gasteiger charge is 2.01. The number of nitrogens with zero attached hydrogens (tertiary/aromatic N) is 1. The van der Waals surface area contributed by atoms with Crippen molar-refractivity contribution in [2.24, 2.45) is 4.99 Å². The van der Waals surface area contributed by atoms with E-state index in [2.05, 4.69) is 47.7 Å². The molecule has 0 aliphatic carbocycles. The van der Waals surface area contributed by atoms with E-state index < -0.39 is 0 Å². The van der Waals surface area contributed by atoms with Gasteiger partial charge in [-0.15, -0.1) is 23.5 Å². The molecule has 0 saturated heterocycles. The lowest BCUT2D eigenvalue weighted by Gasteiger charge is -1.96. The van der Waals surface area contributed by atoms with Gasteiger partial charge in [0.05, 0.1) is 5.04 Å². The van der Waals surface area contributed by atoms with Gasteiger partial charge in [-0.3, -0.25) is 4.99 Å². The molecule has 3 heteroatoms. The highest BCUT2D eigenvalue weighted by atomic mass is 32.2. The predicted octanol–water partition coefficient (Wildman–Crippen LogP) is 3.57. The molecule has 1 aromatic carbocycles. The molecule has 15 heavy (non-hydrogen) atoms. The van der Waals surface area contributed by atoms with Crippen LogP contribution in [0.15, 0.2) is 40.2 Å². The number of hydrogen-bond donors (Lipinski definition) is 0. The van der Waals surface area contributed by atoms with Crippen LogP contribution in [0.3, 0.4) is 0 Å². The maximum Gasteiger partial charge on any atom is 0.0905 e. The van der Waals surface area contributed by atoms with Crippen molar-refractivity contribution in [2.75, 3.05) is 18.6 Å². The van der Waals surface area contributed by atoms with Crippen LogP contribution in [0.4, 0.5) is 0 Å². The summed E-state index contributed by atoms with van der Waals surface area (Å²) in [4.78, 5) is 5.68. The van der Waals surface area contributed by atoms with Gasteiger partial charge in [-0.1, -0.05) is 18.2 Å². The van der Waals surface area contributed by atoms with Crippen LogP contribution in [0.5, 0.6) is 0 Å². The summed E-state index contributed by atoms with van der Waals surface area (Å²) in [5.41, 5.74) is 1.24. The molecule has 0 unspecified atom stereocenters. The summed E-state index contributed by atoms with van der Waals surface area (Å²) in [5.74, 6) is 1.13. The Kier molecular flexibility index (Phi) is 3.92. The van der Waals surface area contributed by atoms with Crippen LogP contribution in [0.1, 0.15) is 5.56 Å². The molecule has 0 radical (unpaired) electrons. The van der Waals surface area contributed by atoms with E-state index in [4.69, 9.17) is 0 Å². The highest BCUT2D eigenvalue weighted by molar-refractivity contribution is 8.14. The average Bonchev–Trinajstić information content (AvgIpc) is 2.80. The van der Waals surface area contributed by atoms with Crippen molar-refractivity contribution in [3.63, 3.8) is 0 Å². The molecular weight excluding hydrogens is 222 g/mol. The zero-order valence-electron chi connectivity index (χ0n) is 8.64. The summed E-state index contributed by atoms with van der Waals surface area (Å²) in [5, 5.41) is 1.16. The van der Waals surface area contributed by atoms with E-state index in [1.165, 1.54) is 10.5 Å². The summed E-state index contributed by atoms with van der Waals surface area (Å²) >= 11 is 3.60. The lowest BCUT2D eigenvalue weighted by atomic mass is 10.2. The van der Waals surface area contributed by atoms with Crippen molar-refractivity contribution >= 4 is 34.6 Å². The van der Waals surface area contributed by atoms with Crippen molar-refractivity contribution in [3.8, 4) is 0 Å². The molecule has 0 bridgehead atoms. The molecule has 1 nitrogen and oxygen atoms in total. The Bertz CT molecular complexity index is 379. The van der Waals surface area contributed by atoms with Crippen LogP contribution in [-0.2, 0) is 0 Å². The molecule has 0 fully saturated rings. The normalized spacial score (nSPS) is 15.9. The third kappa shape index (κ3) is 3.14. The quantitative estimate of drug-likeness (QED) is 0.743. The standard InChI is InChI=1S/C12H13NS2/c1-14-11-5-2-10(3-6-11)4-7-12-13-8-9-15-12/h2-7H,8-9H2,1H3/b7-4+. The van der Waals surface area contributed by atoms with Crippen molar-refractivity contribution in [2.45, 2.75) is 4.90 Å². The Morgan fingerprint density at radius 2 is 2.07 bits per heavy atom. The lowest BCUT2D eigenvalue weighted by Crippen LogP contribution is -1.79. The molecule has 0 aromatic heterocycles. The fraction of sp³-hybridized carbons (Fsp3) is 0.250. The number of benzene rings is 1. The second kappa shape index (κ2) is 5.42. The summed E-state index contributed by atoms with van der Waals surface area (Å²) in [7, 11) is 0. The predicted molar refractivity (Wildman–Crippen MR) is 72.0 cm³/mol. The minimum atomic E-state index is 0.968. The maximum atomic E-state index is 4.37. The highest BCUT2D eigenvalue weighted by Crippen LogP contribution is 2.17. The smallest absolute Gasteiger partial charge is 0.0905 e. The number of hydrogen-bond acceptors (Lipinski definition) is 3. The average molecular weight is 235 g/mol. The molecule has 0 N–H and O–H groups in total. The molecule has 0 amide bonds. The Labute approximate surface area is 99.1 Å². The first-order chi connectivity index (χ1) is 7.38. The lowest BCUT2D eigenvalue weighted by molar-refractivity contribution is 1.18. The van der Waals surface area contributed by atoms with Gasteiger partial charge in [0.25, 0.3) is 0 Å². The second-order valence-electron chi connectivity index (χ2n) is 3.17. The largest absolute Gasteiger partial charge is 0.278 e. The van der Waals surface area contributed by atoms with Crippen molar-refractivity contribution < 1.29 is 0 Å². The Balaban J connectivity index is 2.03. The first kappa shape index (κ1) is 10.8. The minimum absolute atomic E-state index is 0.968. The Morgan fingerprint density at radius 1 is 1.27 bits per heavy atom. The van der Waals surface area contributed by atoms with Crippen LogP contribution in [0, 0.1) is 0 Å². The van der Waals surface area contributed by atoms with Crippen molar-refractivity contribution in [1.82, 2.24) is 0 Å². The van der Waals surface area contributed by atoms with E-state index in [-0.39, 0.29) is 0 Å². The van der Waals surface area contributed by atoms with Gasteiger partial charge in [-0.2, -0.15) is 0 Å². The molecule has 1 heterocycles. The molecule has 0 saturated carbocycles. The molecule has 1 aliphatic heterocycles. The summed E-state index contributed by atoms with van der Waals surface area (Å²) in [6, 6.07) is 8.58. The van der Waals surface area contributed by atoms with Gasteiger partial charge in [-0.25, -0.2) is 0 Å². The van der Waals surface area contributed by atoms with Crippen LogP contribution >= 0.6 is 23.5 Å². The topological polar surface area (TPSA) is 12.4 Å². The van der Waals surface area contributed by atoms with E-state index in [0.29, 0.717) is 0 Å². The van der Waals surface area contributed by atoms with Crippen LogP contribution in [-0.4, -0.2) is 23.6 Å². The number of thioether (sulfide) groups is 2. The van der Waals surface area contributed by atoms with E-state index in [0.717, 1.165) is 17.3 Å². The van der Waals surface area contributed by atoms with Crippen molar-refractivity contribution in [1.29, 1.82) is 0 Å². The minimum Gasteiger partial charge on any atom is -0.278 e. The van der Waals surface area contributed by atoms with Gasteiger partial charge in [0, 0.05) is 17.2 Å². The van der Waals surface area contributed by atoms with Gasteiger partial charge in [-0.05, 0) is 30.0 Å². The van der Waals surface area contributed by atoms with Gasteiger partial charge < -0.3 is 0 Å². The van der Waals surface area contributed by atoms with E-state index in [9.17, 15) is 0 Å². The first-order valence-electron chi connectivity index (χ1n) is 4.88. The Morgan fingerprint density at radius 3 is 2.67 bits per heavy atom. The summed E-state index contributed by atoms with van der Waals surface area (Å²) in [6.07, 6.45) is 6.32. The molecule has 0 spiro atoms. The monoisotopic (exact) mass is 235 g/mol. The maximum absolute atomic E-state index is 4.37. The van der Waals surface area contributed by atoms with Gasteiger partial charge in [0.1, 0.15) is 0 Å². The molecule has 78 valence electrons. The van der Waals surface area contributed by atoms with Crippen LogP contribution in [0.25, 0.3) is 6.08 Å². The molecule has 2 rings (SSSR count). The Hall–Kier alpha value is -0.670. The third-order valence-corrected chi connectivity index (χ3v) is 3.83. The van der Waals surface area contributed by atoms with Gasteiger partial charge >= 0.3 is 0 Å². The van der Waals surface area contributed by atoms with E-state index in [1.807, 2.05) is 11.8 Å². The third-order valence-electron chi connectivity index (χ3n) is 2.14.